The lowest BCUT2D eigenvalue weighted by Crippen LogP contribution is -2.23. The molecule has 4 heteroatoms. The highest BCUT2D eigenvalue weighted by atomic mass is 16.5. The van der Waals surface area contributed by atoms with E-state index >= 15 is 0 Å². The molecular formula is C16H19N3O. The van der Waals surface area contributed by atoms with Crippen LogP contribution < -0.4 is 5.32 Å². The number of nitrogens with one attached hydrogen (secondary N) is 1. The second kappa shape index (κ2) is 6.28. The molecule has 1 unspecified atom stereocenters. The summed E-state index contributed by atoms with van der Waals surface area (Å²) in [6.07, 6.45) is 10.1. The van der Waals surface area contributed by atoms with Crippen molar-refractivity contribution in [3.63, 3.8) is 0 Å². The van der Waals surface area contributed by atoms with Gasteiger partial charge in [-0.15, -0.1) is 0 Å². The van der Waals surface area contributed by atoms with Gasteiger partial charge >= 0.3 is 0 Å². The summed E-state index contributed by atoms with van der Waals surface area (Å²) in [6, 6.07) is 10.3. The second-order valence-corrected chi connectivity index (χ2v) is 4.95. The van der Waals surface area contributed by atoms with E-state index in [-0.39, 0.29) is 6.10 Å². The molecule has 2 aromatic rings. The average molecular weight is 269 g/mol. The SMILES string of the molecule is C1=COC(CNc2ccccc2Cn2cccn2)CC1. The molecule has 1 aliphatic heterocycles. The maximum absolute atomic E-state index is 5.58. The highest BCUT2D eigenvalue weighted by Gasteiger charge is 2.11. The van der Waals surface area contributed by atoms with E-state index in [9.17, 15) is 0 Å². The van der Waals surface area contributed by atoms with Crippen LogP contribution in [0.25, 0.3) is 0 Å². The standard InChI is InChI=1S/C16H19N3O/c1-2-8-16(17-12-15-7-3-4-11-20-15)14(6-1)13-19-10-5-9-18-19/h1-2,4-6,8-11,15,17H,3,7,12-13H2. The van der Waals surface area contributed by atoms with Gasteiger partial charge in [-0.3, -0.25) is 4.68 Å². The van der Waals surface area contributed by atoms with E-state index in [1.54, 1.807) is 6.20 Å². The quantitative estimate of drug-likeness (QED) is 0.906. The monoisotopic (exact) mass is 269 g/mol. The van der Waals surface area contributed by atoms with E-state index in [1.165, 1.54) is 5.56 Å². The first-order chi connectivity index (χ1) is 9.92. The molecule has 0 radical (unpaired) electrons. The van der Waals surface area contributed by atoms with E-state index in [2.05, 4.69) is 40.8 Å². The lowest BCUT2D eigenvalue weighted by atomic mass is 10.1. The summed E-state index contributed by atoms with van der Waals surface area (Å²) in [7, 11) is 0. The van der Waals surface area contributed by atoms with Crippen molar-refractivity contribution in [2.24, 2.45) is 0 Å². The van der Waals surface area contributed by atoms with Crippen molar-refractivity contribution in [3.8, 4) is 0 Å². The van der Waals surface area contributed by atoms with Gasteiger partial charge in [0.1, 0.15) is 6.10 Å². The Morgan fingerprint density at radius 2 is 2.25 bits per heavy atom. The third kappa shape index (κ3) is 3.20. The normalized spacial score (nSPS) is 17.7. The van der Waals surface area contributed by atoms with Crippen LogP contribution in [0.3, 0.4) is 0 Å². The lowest BCUT2D eigenvalue weighted by Gasteiger charge is -2.21. The van der Waals surface area contributed by atoms with Crippen LogP contribution in [0.15, 0.2) is 55.1 Å². The maximum Gasteiger partial charge on any atom is 0.115 e. The van der Waals surface area contributed by atoms with Gasteiger partial charge in [0.2, 0.25) is 0 Å². The summed E-state index contributed by atoms with van der Waals surface area (Å²) in [5.41, 5.74) is 2.39. The van der Waals surface area contributed by atoms with Crippen LogP contribution in [0.1, 0.15) is 18.4 Å². The highest BCUT2D eigenvalue weighted by molar-refractivity contribution is 5.51. The zero-order valence-electron chi connectivity index (χ0n) is 11.4. The molecule has 3 rings (SSSR count). The molecule has 1 N–H and O–H groups in total. The number of aromatic nitrogens is 2. The molecule has 1 atom stereocenters. The molecule has 0 saturated heterocycles. The summed E-state index contributed by atoms with van der Waals surface area (Å²) < 4.78 is 7.52. The number of benzene rings is 1. The fourth-order valence-corrected chi connectivity index (χ4v) is 2.36. The third-order valence-electron chi connectivity index (χ3n) is 3.45. The molecule has 0 fully saturated rings. The van der Waals surface area contributed by atoms with E-state index < -0.39 is 0 Å². The Kier molecular flexibility index (Phi) is 4.01. The Balaban J connectivity index is 1.64. The summed E-state index contributed by atoms with van der Waals surface area (Å²) in [4.78, 5) is 0. The second-order valence-electron chi connectivity index (χ2n) is 4.95. The predicted molar refractivity (Wildman–Crippen MR) is 79.5 cm³/mol. The maximum atomic E-state index is 5.58. The molecule has 104 valence electrons. The topological polar surface area (TPSA) is 39.1 Å². The van der Waals surface area contributed by atoms with Crippen molar-refractivity contribution in [2.75, 3.05) is 11.9 Å². The van der Waals surface area contributed by atoms with Crippen molar-refractivity contribution in [1.82, 2.24) is 9.78 Å². The Morgan fingerprint density at radius 3 is 3.05 bits per heavy atom. The van der Waals surface area contributed by atoms with Gasteiger partial charge in [0, 0.05) is 18.1 Å². The molecular weight excluding hydrogens is 250 g/mol. The Bertz CT molecular complexity index is 563. The van der Waals surface area contributed by atoms with Crippen LogP contribution in [0.4, 0.5) is 5.69 Å². The number of ether oxygens (including phenoxy) is 1. The van der Waals surface area contributed by atoms with Gasteiger partial charge in [-0.05, 0) is 36.6 Å². The first-order valence-electron chi connectivity index (χ1n) is 7.01. The summed E-state index contributed by atoms with van der Waals surface area (Å²) in [6.45, 7) is 1.61. The summed E-state index contributed by atoms with van der Waals surface area (Å²) >= 11 is 0. The van der Waals surface area contributed by atoms with Crippen LogP contribution in [0, 0.1) is 0 Å². The average Bonchev–Trinajstić information content (AvgIpc) is 3.00. The zero-order valence-corrected chi connectivity index (χ0v) is 11.4. The minimum atomic E-state index is 0.262. The minimum absolute atomic E-state index is 0.262. The predicted octanol–water partition coefficient (Wildman–Crippen LogP) is 3.04. The molecule has 0 saturated carbocycles. The molecule has 0 bridgehead atoms. The minimum Gasteiger partial charge on any atom is -0.497 e. The summed E-state index contributed by atoms with van der Waals surface area (Å²) in [5, 5.41) is 7.75. The number of anilines is 1. The van der Waals surface area contributed by atoms with Gasteiger partial charge in [0.05, 0.1) is 19.4 Å². The first kappa shape index (κ1) is 12.8. The number of para-hydroxylation sites is 1. The van der Waals surface area contributed by atoms with Gasteiger partial charge < -0.3 is 10.1 Å². The van der Waals surface area contributed by atoms with Gasteiger partial charge in [0.25, 0.3) is 0 Å². The Labute approximate surface area is 119 Å². The van der Waals surface area contributed by atoms with Crippen molar-refractivity contribution in [3.05, 3.63) is 60.6 Å². The van der Waals surface area contributed by atoms with Crippen molar-refractivity contribution in [2.45, 2.75) is 25.5 Å². The molecule has 1 aliphatic rings. The fourth-order valence-electron chi connectivity index (χ4n) is 2.36. The molecule has 2 heterocycles. The van der Waals surface area contributed by atoms with E-state index in [4.69, 9.17) is 4.74 Å². The van der Waals surface area contributed by atoms with Crippen LogP contribution >= 0.6 is 0 Å². The van der Waals surface area contributed by atoms with Crippen LogP contribution in [0.2, 0.25) is 0 Å². The number of hydrogen-bond acceptors (Lipinski definition) is 3. The molecule has 1 aromatic carbocycles. The number of nitrogens with zero attached hydrogens (tertiary/aromatic N) is 2. The molecule has 1 aromatic heterocycles. The van der Waals surface area contributed by atoms with Gasteiger partial charge in [-0.25, -0.2) is 0 Å². The van der Waals surface area contributed by atoms with Gasteiger partial charge in [-0.1, -0.05) is 18.2 Å². The van der Waals surface area contributed by atoms with E-state index in [1.807, 2.05) is 23.2 Å². The summed E-state index contributed by atoms with van der Waals surface area (Å²) in [5.74, 6) is 0. The zero-order chi connectivity index (χ0) is 13.6. The third-order valence-corrected chi connectivity index (χ3v) is 3.45. The lowest BCUT2D eigenvalue weighted by molar-refractivity contribution is 0.135. The molecule has 0 aliphatic carbocycles. The van der Waals surface area contributed by atoms with Gasteiger partial charge in [0.15, 0.2) is 0 Å². The first-order valence-corrected chi connectivity index (χ1v) is 7.01. The molecule has 20 heavy (non-hydrogen) atoms. The number of allylic oxidation sites excluding steroid dienone is 1. The Hall–Kier alpha value is -2.23. The van der Waals surface area contributed by atoms with Gasteiger partial charge in [-0.2, -0.15) is 5.10 Å². The van der Waals surface area contributed by atoms with Crippen molar-refractivity contribution in [1.29, 1.82) is 0 Å². The van der Waals surface area contributed by atoms with E-state index in [0.717, 1.165) is 31.6 Å². The highest BCUT2D eigenvalue weighted by Crippen LogP contribution is 2.18. The molecule has 0 amide bonds. The Morgan fingerprint density at radius 1 is 1.30 bits per heavy atom. The number of hydrogen-bond donors (Lipinski definition) is 1. The molecule has 4 nitrogen and oxygen atoms in total. The van der Waals surface area contributed by atoms with Crippen molar-refractivity contribution >= 4 is 5.69 Å². The van der Waals surface area contributed by atoms with Crippen LogP contribution in [-0.2, 0) is 11.3 Å². The van der Waals surface area contributed by atoms with E-state index in [0.29, 0.717) is 0 Å². The largest absolute Gasteiger partial charge is 0.497 e. The smallest absolute Gasteiger partial charge is 0.115 e. The molecule has 0 spiro atoms. The van der Waals surface area contributed by atoms with Crippen LogP contribution in [-0.4, -0.2) is 22.4 Å². The van der Waals surface area contributed by atoms with Crippen LogP contribution in [0.5, 0.6) is 0 Å². The number of rotatable bonds is 5. The fraction of sp³-hybridized carbons (Fsp3) is 0.312. The van der Waals surface area contributed by atoms with Crippen molar-refractivity contribution < 1.29 is 4.74 Å².